The minimum absolute atomic E-state index is 0.0891. The predicted octanol–water partition coefficient (Wildman–Crippen LogP) is 2.30. The second-order valence-electron chi connectivity index (χ2n) is 12.9. The van der Waals surface area contributed by atoms with E-state index in [0.29, 0.717) is 29.7 Å². The normalized spacial score (nSPS) is 26.6. The molecular formula is C30H42N8O4. The van der Waals surface area contributed by atoms with E-state index < -0.39 is 24.5 Å². The summed E-state index contributed by atoms with van der Waals surface area (Å²) in [5.74, 6) is 1.85. The predicted molar refractivity (Wildman–Crippen MR) is 159 cm³/mol. The largest absolute Gasteiger partial charge is 0.395 e. The van der Waals surface area contributed by atoms with Crippen molar-refractivity contribution >= 4 is 28.0 Å². The zero-order valence-electron chi connectivity index (χ0n) is 24.7. The molecule has 4 heterocycles. The number of ether oxygens (including phenoxy) is 1. The molecule has 0 spiro atoms. The Morgan fingerprint density at radius 3 is 2.69 bits per heavy atom. The first kappa shape index (κ1) is 28.9. The fourth-order valence-electron chi connectivity index (χ4n) is 6.39. The van der Waals surface area contributed by atoms with Gasteiger partial charge in [0.25, 0.3) is 0 Å². The summed E-state index contributed by atoms with van der Waals surface area (Å²) in [5.41, 5.74) is 9.57. The Morgan fingerprint density at radius 1 is 1.17 bits per heavy atom. The number of aryl methyl sites for hydroxylation is 1. The summed E-state index contributed by atoms with van der Waals surface area (Å²) in [6.45, 7) is 8.99. The summed E-state index contributed by atoms with van der Waals surface area (Å²) in [7, 11) is 0. The molecule has 4 atom stereocenters. The first-order valence-corrected chi connectivity index (χ1v) is 14.9. The van der Waals surface area contributed by atoms with Crippen LogP contribution in [0.4, 0.5) is 5.82 Å². The van der Waals surface area contributed by atoms with Crippen molar-refractivity contribution in [3.05, 3.63) is 42.2 Å². The van der Waals surface area contributed by atoms with Crippen molar-refractivity contribution in [2.75, 3.05) is 18.9 Å². The first-order valence-electron chi connectivity index (χ1n) is 14.9. The Kier molecular flexibility index (Phi) is 7.69. The fraction of sp³-hybridized carbons (Fsp3) is 0.600. The van der Waals surface area contributed by atoms with Gasteiger partial charge in [0.15, 0.2) is 17.7 Å². The van der Waals surface area contributed by atoms with Crippen molar-refractivity contribution in [1.82, 2.24) is 34.4 Å². The van der Waals surface area contributed by atoms with Crippen LogP contribution in [0.5, 0.6) is 0 Å². The maximum absolute atomic E-state index is 10.9. The zero-order valence-corrected chi connectivity index (χ0v) is 24.7. The van der Waals surface area contributed by atoms with E-state index in [1.165, 1.54) is 12.7 Å². The summed E-state index contributed by atoms with van der Waals surface area (Å²) in [6.07, 6.45) is 3.42. The van der Waals surface area contributed by atoms with Gasteiger partial charge in [-0.1, -0.05) is 19.9 Å². The van der Waals surface area contributed by atoms with Crippen LogP contribution in [-0.4, -0.2) is 93.3 Å². The number of aromatic nitrogens is 6. The Hall–Kier alpha value is -3.16. The molecule has 3 aromatic heterocycles. The smallest absolute Gasteiger partial charge is 0.167 e. The van der Waals surface area contributed by atoms with Gasteiger partial charge in [0, 0.05) is 30.5 Å². The van der Waals surface area contributed by atoms with E-state index in [0.717, 1.165) is 48.1 Å². The lowest BCUT2D eigenvalue weighted by Crippen LogP contribution is -2.52. The SMILES string of the molecule is CC(C)N(C[C@H]1O[C@@H](n2cnc3c(N)ncnc32)[C@H](O)[C@@H]1O)[C@H]1C[C@@H](CCc2nc3cc(C(C)(C)CO)ccc3[nH]2)C1. The molecule has 2 fully saturated rings. The molecule has 12 nitrogen and oxygen atoms in total. The third-order valence-electron chi connectivity index (χ3n) is 9.23. The lowest BCUT2D eigenvalue weighted by Gasteiger charge is -2.46. The number of nitrogens with zero attached hydrogens (tertiary/aromatic N) is 6. The highest BCUT2D eigenvalue weighted by molar-refractivity contribution is 5.81. The van der Waals surface area contributed by atoms with Crippen molar-refractivity contribution in [3.63, 3.8) is 0 Å². The molecule has 226 valence electrons. The molecule has 1 saturated heterocycles. The van der Waals surface area contributed by atoms with Crippen molar-refractivity contribution < 1.29 is 20.1 Å². The van der Waals surface area contributed by atoms with Crippen LogP contribution in [0.25, 0.3) is 22.2 Å². The third-order valence-corrected chi connectivity index (χ3v) is 9.23. The minimum Gasteiger partial charge on any atom is -0.395 e. The third kappa shape index (κ3) is 5.26. The standard InChI is InChI=1S/C30H42N8O4/c1-16(2)37(12-22-25(40)26(41)29(42-22)38-15-34-24-27(31)32-14-33-28(24)38)19-9-17(10-19)5-8-23-35-20-7-6-18(11-21(20)36-23)30(3,4)13-39/h6-7,11,14-17,19,22,25-26,29,39-41H,5,8-10,12-13H2,1-4H3,(H,35,36)(H2,31,32,33)/t17-,19+,22-,25-,26-,29-/m1/s1. The van der Waals surface area contributed by atoms with Crippen LogP contribution < -0.4 is 5.73 Å². The molecule has 6 rings (SSSR count). The number of anilines is 1. The van der Waals surface area contributed by atoms with Gasteiger partial charge in [-0.05, 0) is 56.7 Å². The highest BCUT2D eigenvalue weighted by Crippen LogP contribution is 2.38. The van der Waals surface area contributed by atoms with Gasteiger partial charge >= 0.3 is 0 Å². The van der Waals surface area contributed by atoms with Gasteiger partial charge in [0.1, 0.15) is 36.0 Å². The number of H-pyrrole nitrogens is 1. The van der Waals surface area contributed by atoms with Gasteiger partial charge in [-0.15, -0.1) is 0 Å². The highest BCUT2D eigenvalue weighted by atomic mass is 16.6. The van der Waals surface area contributed by atoms with Crippen LogP contribution in [0.3, 0.4) is 0 Å². The van der Waals surface area contributed by atoms with Crippen molar-refractivity contribution in [1.29, 1.82) is 0 Å². The Bertz CT molecular complexity index is 1540. The number of rotatable bonds is 10. The van der Waals surface area contributed by atoms with Gasteiger partial charge in [0.05, 0.1) is 24.0 Å². The molecule has 1 aliphatic carbocycles. The molecule has 4 aromatic rings. The molecule has 1 aliphatic heterocycles. The van der Waals surface area contributed by atoms with Crippen molar-refractivity contribution in [2.24, 2.45) is 5.92 Å². The lowest BCUT2D eigenvalue weighted by atomic mass is 9.76. The molecule has 6 N–H and O–H groups in total. The highest BCUT2D eigenvalue weighted by Gasteiger charge is 2.46. The maximum atomic E-state index is 10.9. The van der Waals surface area contributed by atoms with Crippen LogP contribution in [0.15, 0.2) is 30.9 Å². The average molecular weight is 579 g/mol. The number of hydrogen-bond donors (Lipinski definition) is 5. The number of aliphatic hydroxyl groups excluding tert-OH is 3. The molecule has 42 heavy (non-hydrogen) atoms. The van der Waals surface area contributed by atoms with Crippen LogP contribution >= 0.6 is 0 Å². The molecule has 12 heteroatoms. The second-order valence-corrected chi connectivity index (χ2v) is 12.9. The van der Waals surface area contributed by atoms with Crippen LogP contribution in [0.2, 0.25) is 0 Å². The Balaban J connectivity index is 1.05. The molecule has 0 radical (unpaired) electrons. The van der Waals surface area contributed by atoms with Crippen molar-refractivity contribution in [3.8, 4) is 0 Å². The van der Waals surface area contributed by atoms with E-state index in [1.54, 1.807) is 4.57 Å². The van der Waals surface area contributed by atoms with E-state index in [2.05, 4.69) is 56.9 Å². The van der Waals surface area contributed by atoms with E-state index in [4.69, 9.17) is 15.5 Å². The van der Waals surface area contributed by atoms with Gasteiger partial charge < -0.3 is 30.8 Å². The second kappa shape index (κ2) is 11.2. The number of aliphatic hydroxyl groups is 3. The van der Waals surface area contributed by atoms with E-state index >= 15 is 0 Å². The number of benzene rings is 1. The monoisotopic (exact) mass is 578 g/mol. The van der Waals surface area contributed by atoms with E-state index in [1.807, 2.05) is 13.8 Å². The first-order chi connectivity index (χ1) is 20.1. The molecule has 0 unspecified atom stereocenters. The van der Waals surface area contributed by atoms with Gasteiger partial charge in [-0.25, -0.2) is 19.9 Å². The number of nitrogen functional groups attached to an aromatic ring is 1. The lowest BCUT2D eigenvalue weighted by molar-refractivity contribution is -0.0620. The quantitative estimate of drug-likeness (QED) is 0.188. The van der Waals surface area contributed by atoms with E-state index in [9.17, 15) is 15.3 Å². The number of aromatic amines is 1. The average Bonchev–Trinajstić information content (AvgIpc) is 3.63. The van der Waals surface area contributed by atoms with E-state index in [-0.39, 0.29) is 23.9 Å². The van der Waals surface area contributed by atoms with Crippen LogP contribution in [0.1, 0.15) is 64.6 Å². The number of hydrogen-bond acceptors (Lipinski definition) is 10. The molecule has 2 aliphatic rings. The summed E-state index contributed by atoms with van der Waals surface area (Å²) < 4.78 is 7.85. The molecule has 1 aromatic carbocycles. The van der Waals surface area contributed by atoms with Crippen LogP contribution in [0, 0.1) is 5.92 Å². The van der Waals surface area contributed by atoms with Gasteiger partial charge in [-0.3, -0.25) is 9.47 Å². The van der Waals surface area contributed by atoms with Gasteiger partial charge in [-0.2, -0.15) is 0 Å². The van der Waals surface area contributed by atoms with Gasteiger partial charge in [0.2, 0.25) is 0 Å². The summed E-state index contributed by atoms with van der Waals surface area (Å²) >= 11 is 0. The fourth-order valence-corrected chi connectivity index (χ4v) is 6.39. The zero-order chi connectivity index (χ0) is 29.8. The number of imidazole rings is 2. The molecule has 0 bridgehead atoms. The number of fused-ring (bicyclic) bond motifs is 2. The van der Waals surface area contributed by atoms with Crippen LogP contribution in [-0.2, 0) is 16.6 Å². The topological polar surface area (TPSA) is 171 Å². The number of nitrogens with one attached hydrogen (secondary N) is 1. The summed E-state index contributed by atoms with van der Waals surface area (Å²) in [5, 5.41) is 31.6. The maximum Gasteiger partial charge on any atom is 0.167 e. The molecule has 1 saturated carbocycles. The molecule has 0 amide bonds. The number of nitrogens with two attached hydrogens (primary N) is 1. The van der Waals surface area contributed by atoms with Crippen molar-refractivity contribution in [2.45, 2.75) is 95.4 Å². The Morgan fingerprint density at radius 2 is 1.95 bits per heavy atom. The Labute approximate surface area is 245 Å². The molecular weight excluding hydrogens is 536 g/mol. The minimum atomic E-state index is -1.12. The summed E-state index contributed by atoms with van der Waals surface area (Å²) in [4.78, 5) is 23.2. The summed E-state index contributed by atoms with van der Waals surface area (Å²) in [6, 6.07) is 6.84.